The van der Waals surface area contributed by atoms with Crippen LogP contribution in [0.3, 0.4) is 0 Å². The van der Waals surface area contributed by atoms with Crippen molar-refractivity contribution in [2.45, 2.75) is 20.8 Å². The number of halogens is 1. The van der Waals surface area contributed by atoms with Gasteiger partial charge in [0.05, 0.1) is 5.56 Å². The van der Waals surface area contributed by atoms with Gasteiger partial charge in [-0.2, -0.15) is 0 Å². The maximum atomic E-state index is 12.1. The normalized spacial score (nSPS) is 10.3. The molecule has 1 N–H and O–H groups in total. The number of hydrogen-bond donors (Lipinski definition) is 1. The van der Waals surface area contributed by atoms with Gasteiger partial charge in [0.2, 0.25) is 0 Å². The monoisotopic (exact) mass is 375 g/mol. The highest BCUT2D eigenvalue weighted by Gasteiger charge is 2.13. The second-order valence-corrected chi connectivity index (χ2v) is 6.32. The van der Waals surface area contributed by atoms with Crippen LogP contribution in [0.5, 0.6) is 0 Å². The highest BCUT2D eigenvalue weighted by Crippen LogP contribution is 2.20. The number of carbonyl (C=O) groups excluding carboxylic acids is 2. The van der Waals surface area contributed by atoms with Crippen molar-refractivity contribution in [1.82, 2.24) is 0 Å². The van der Waals surface area contributed by atoms with Crippen LogP contribution in [0.15, 0.2) is 40.9 Å². The molecule has 2 aromatic rings. The molecule has 0 fully saturated rings. The average molecular weight is 376 g/mol. The number of benzene rings is 2. The molecule has 120 valence electrons. The molecule has 23 heavy (non-hydrogen) atoms. The number of rotatable bonds is 4. The summed E-state index contributed by atoms with van der Waals surface area (Å²) in [6, 6.07) is 11.1. The lowest BCUT2D eigenvalue weighted by molar-refractivity contribution is -0.119. The fourth-order valence-electron chi connectivity index (χ4n) is 2.12. The van der Waals surface area contributed by atoms with Gasteiger partial charge in [0.1, 0.15) is 0 Å². The van der Waals surface area contributed by atoms with Crippen LogP contribution in [-0.4, -0.2) is 18.5 Å². The van der Waals surface area contributed by atoms with Crippen LogP contribution in [0.1, 0.15) is 27.0 Å². The van der Waals surface area contributed by atoms with Gasteiger partial charge in [-0.15, -0.1) is 0 Å². The lowest BCUT2D eigenvalue weighted by Crippen LogP contribution is -2.21. The number of ether oxygens (including phenoxy) is 1. The Morgan fingerprint density at radius 1 is 1.04 bits per heavy atom. The summed E-state index contributed by atoms with van der Waals surface area (Å²) in [4.78, 5) is 24.0. The summed E-state index contributed by atoms with van der Waals surface area (Å²) >= 11 is 3.37. The van der Waals surface area contributed by atoms with E-state index >= 15 is 0 Å². The number of esters is 1. The third-order valence-electron chi connectivity index (χ3n) is 3.41. The quantitative estimate of drug-likeness (QED) is 0.815. The Balaban J connectivity index is 1.96. The molecule has 0 aliphatic heterocycles. The van der Waals surface area contributed by atoms with Gasteiger partial charge in [0.25, 0.3) is 5.91 Å². The van der Waals surface area contributed by atoms with Crippen molar-refractivity contribution in [3.05, 3.63) is 63.1 Å². The topological polar surface area (TPSA) is 55.4 Å². The van der Waals surface area contributed by atoms with Gasteiger partial charge in [-0.25, -0.2) is 4.79 Å². The molecule has 0 aliphatic rings. The molecule has 0 bridgehead atoms. The zero-order chi connectivity index (χ0) is 17.0. The fraction of sp³-hybridized carbons (Fsp3) is 0.222. The summed E-state index contributed by atoms with van der Waals surface area (Å²) in [7, 11) is 0. The Labute approximate surface area is 144 Å². The molecule has 0 atom stereocenters. The number of hydrogen-bond acceptors (Lipinski definition) is 3. The molecule has 0 saturated carbocycles. The van der Waals surface area contributed by atoms with E-state index in [1.54, 1.807) is 12.1 Å². The van der Waals surface area contributed by atoms with Crippen molar-refractivity contribution in [1.29, 1.82) is 0 Å². The molecule has 0 heterocycles. The molecule has 0 aliphatic carbocycles. The van der Waals surface area contributed by atoms with Crippen LogP contribution in [-0.2, 0) is 9.53 Å². The van der Waals surface area contributed by atoms with E-state index in [4.69, 9.17) is 4.74 Å². The maximum absolute atomic E-state index is 12.1. The van der Waals surface area contributed by atoms with Gasteiger partial charge < -0.3 is 10.1 Å². The standard InChI is InChI=1S/C18H18BrNO3/c1-11-4-5-12(2)15(8-11)18(22)23-10-17(21)20-16-7-6-14(19)9-13(16)3/h4-9H,10H2,1-3H3,(H,20,21). The third-order valence-corrected chi connectivity index (χ3v) is 3.90. The van der Waals surface area contributed by atoms with Crippen LogP contribution in [0.2, 0.25) is 0 Å². The predicted octanol–water partition coefficient (Wildman–Crippen LogP) is 4.17. The Morgan fingerprint density at radius 3 is 2.48 bits per heavy atom. The van der Waals surface area contributed by atoms with Crippen LogP contribution in [0.25, 0.3) is 0 Å². The first-order chi connectivity index (χ1) is 10.9. The minimum Gasteiger partial charge on any atom is -0.452 e. The molecule has 4 nitrogen and oxygen atoms in total. The molecule has 0 aromatic heterocycles. The highest BCUT2D eigenvalue weighted by atomic mass is 79.9. The zero-order valence-corrected chi connectivity index (χ0v) is 14.9. The lowest BCUT2D eigenvalue weighted by atomic mass is 10.1. The first-order valence-corrected chi connectivity index (χ1v) is 7.96. The SMILES string of the molecule is Cc1ccc(C)c(C(=O)OCC(=O)Nc2ccc(Br)cc2C)c1. The van der Waals surface area contributed by atoms with Gasteiger partial charge in [-0.3, -0.25) is 4.79 Å². The molecule has 1 amide bonds. The zero-order valence-electron chi connectivity index (χ0n) is 13.3. The molecule has 0 saturated heterocycles. The van der Waals surface area contributed by atoms with Crippen LogP contribution in [0, 0.1) is 20.8 Å². The van der Waals surface area contributed by atoms with E-state index in [1.165, 1.54) is 0 Å². The molecule has 0 spiro atoms. The summed E-state index contributed by atoms with van der Waals surface area (Å²) < 4.78 is 6.04. The molecular weight excluding hydrogens is 358 g/mol. The molecule has 0 unspecified atom stereocenters. The van der Waals surface area contributed by atoms with E-state index in [0.29, 0.717) is 11.3 Å². The van der Waals surface area contributed by atoms with E-state index < -0.39 is 5.97 Å². The Hall–Kier alpha value is -2.14. The third kappa shape index (κ3) is 4.66. The van der Waals surface area contributed by atoms with Crippen molar-refractivity contribution < 1.29 is 14.3 Å². The lowest BCUT2D eigenvalue weighted by Gasteiger charge is -2.10. The highest BCUT2D eigenvalue weighted by molar-refractivity contribution is 9.10. The Morgan fingerprint density at radius 2 is 1.78 bits per heavy atom. The molecule has 0 radical (unpaired) electrons. The van der Waals surface area contributed by atoms with Gasteiger partial charge >= 0.3 is 5.97 Å². The minimum absolute atomic E-state index is 0.318. The molecule has 2 rings (SSSR count). The van der Waals surface area contributed by atoms with Gasteiger partial charge in [-0.05, 0) is 56.2 Å². The van der Waals surface area contributed by atoms with Crippen molar-refractivity contribution in [2.24, 2.45) is 0 Å². The molecule has 2 aromatic carbocycles. The minimum atomic E-state index is -0.492. The number of aryl methyl sites for hydroxylation is 3. The van der Waals surface area contributed by atoms with E-state index in [1.807, 2.05) is 45.0 Å². The smallest absolute Gasteiger partial charge is 0.338 e. The van der Waals surface area contributed by atoms with E-state index in [9.17, 15) is 9.59 Å². The van der Waals surface area contributed by atoms with Crippen molar-refractivity contribution in [3.8, 4) is 0 Å². The summed E-state index contributed by atoms with van der Waals surface area (Å²) in [5.74, 6) is -0.858. The molecule has 5 heteroatoms. The molecular formula is C18H18BrNO3. The second kappa shape index (κ2) is 7.42. The summed E-state index contributed by atoms with van der Waals surface area (Å²) in [6.45, 7) is 5.31. The summed E-state index contributed by atoms with van der Waals surface area (Å²) in [5.41, 5.74) is 3.90. The van der Waals surface area contributed by atoms with E-state index in [0.717, 1.165) is 21.2 Å². The number of anilines is 1. The Bertz CT molecular complexity index is 756. The Kier molecular flexibility index (Phi) is 5.55. The number of carbonyl (C=O) groups is 2. The summed E-state index contributed by atoms with van der Waals surface area (Å²) in [5, 5.41) is 2.73. The number of nitrogens with one attached hydrogen (secondary N) is 1. The summed E-state index contributed by atoms with van der Waals surface area (Å²) in [6.07, 6.45) is 0. The first kappa shape index (κ1) is 17.2. The predicted molar refractivity (Wildman–Crippen MR) is 93.7 cm³/mol. The number of amides is 1. The fourth-order valence-corrected chi connectivity index (χ4v) is 2.59. The van der Waals surface area contributed by atoms with Gasteiger partial charge in [0, 0.05) is 10.2 Å². The van der Waals surface area contributed by atoms with Gasteiger partial charge in [-0.1, -0.05) is 33.6 Å². The van der Waals surface area contributed by atoms with Crippen LogP contribution < -0.4 is 5.32 Å². The first-order valence-electron chi connectivity index (χ1n) is 7.17. The van der Waals surface area contributed by atoms with Crippen molar-refractivity contribution in [3.63, 3.8) is 0 Å². The second-order valence-electron chi connectivity index (χ2n) is 5.40. The van der Waals surface area contributed by atoms with Crippen molar-refractivity contribution >= 4 is 33.5 Å². The maximum Gasteiger partial charge on any atom is 0.338 e. The van der Waals surface area contributed by atoms with Gasteiger partial charge in [0.15, 0.2) is 6.61 Å². The van der Waals surface area contributed by atoms with E-state index in [2.05, 4.69) is 21.2 Å². The largest absolute Gasteiger partial charge is 0.452 e. The van der Waals surface area contributed by atoms with Crippen LogP contribution in [0.4, 0.5) is 5.69 Å². The van der Waals surface area contributed by atoms with Crippen molar-refractivity contribution in [2.75, 3.05) is 11.9 Å². The van der Waals surface area contributed by atoms with E-state index in [-0.39, 0.29) is 12.5 Å². The van der Waals surface area contributed by atoms with Crippen LogP contribution >= 0.6 is 15.9 Å². The average Bonchev–Trinajstić information content (AvgIpc) is 2.50.